The third-order valence-corrected chi connectivity index (χ3v) is 2.72. The van der Waals surface area contributed by atoms with E-state index in [-0.39, 0.29) is 5.41 Å². The van der Waals surface area contributed by atoms with Gasteiger partial charge in [0, 0.05) is 0 Å². The Kier molecular flexibility index (Phi) is 3.01. The molecule has 0 atom stereocenters. The number of hydrogen-bond acceptors (Lipinski definition) is 3. The minimum absolute atomic E-state index is 0.240. The van der Waals surface area contributed by atoms with Gasteiger partial charge in [-0.15, -0.1) is 0 Å². The van der Waals surface area contributed by atoms with Crippen LogP contribution >= 0.6 is 0 Å². The van der Waals surface area contributed by atoms with E-state index in [1.807, 2.05) is 0 Å². The average Bonchev–Trinajstić information content (AvgIpc) is 2.08. The molecular formula is C9H16N2O. The largest absolute Gasteiger partial charge is 0.306 e. The topological polar surface area (TPSA) is 32.7 Å². The molecule has 0 aliphatic carbocycles. The Bertz CT molecular complexity index is 189. The van der Waals surface area contributed by atoms with Crippen molar-refractivity contribution in [3.05, 3.63) is 0 Å². The molecule has 68 valence electrons. The summed E-state index contributed by atoms with van der Waals surface area (Å²) in [5, 5.41) is 0. The summed E-state index contributed by atoms with van der Waals surface area (Å²) in [6.45, 7) is 5.07. The van der Waals surface area contributed by atoms with Gasteiger partial charge >= 0.3 is 0 Å². The normalized spacial score (nSPS) is 23.2. The van der Waals surface area contributed by atoms with Crippen LogP contribution in [0.25, 0.3) is 0 Å². The predicted octanol–water partition coefficient (Wildman–Crippen LogP) is 1.05. The highest BCUT2D eigenvalue weighted by atomic mass is 16.1. The molecule has 0 aromatic carbocycles. The van der Waals surface area contributed by atoms with Gasteiger partial charge in [-0.1, -0.05) is 6.92 Å². The summed E-state index contributed by atoms with van der Waals surface area (Å²) in [5.41, 5.74) is 0.240. The maximum absolute atomic E-state index is 9.95. The molecule has 0 aromatic heterocycles. The lowest BCUT2D eigenvalue weighted by atomic mass is 9.81. The van der Waals surface area contributed by atoms with Crippen molar-refractivity contribution in [2.75, 3.05) is 26.7 Å². The third-order valence-electron chi connectivity index (χ3n) is 2.72. The highest BCUT2D eigenvalue weighted by Crippen LogP contribution is 2.30. The van der Waals surface area contributed by atoms with Crippen molar-refractivity contribution in [3.63, 3.8) is 0 Å². The Labute approximate surface area is 73.5 Å². The van der Waals surface area contributed by atoms with E-state index in [4.69, 9.17) is 0 Å². The molecule has 1 aliphatic rings. The van der Waals surface area contributed by atoms with E-state index in [0.717, 1.165) is 25.9 Å². The maximum atomic E-state index is 9.95. The number of isocyanates is 1. The lowest BCUT2D eigenvalue weighted by Crippen LogP contribution is -2.37. The van der Waals surface area contributed by atoms with Gasteiger partial charge < -0.3 is 4.90 Å². The van der Waals surface area contributed by atoms with Crippen molar-refractivity contribution in [2.24, 2.45) is 10.4 Å². The monoisotopic (exact) mass is 168 g/mol. The number of aliphatic imine (C=N–C) groups is 1. The van der Waals surface area contributed by atoms with Crippen LogP contribution in [0.15, 0.2) is 4.99 Å². The van der Waals surface area contributed by atoms with E-state index in [0.29, 0.717) is 6.54 Å². The van der Waals surface area contributed by atoms with E-state index >= 15 is 0 Å². The smallest absolute Gasteiger partial charge is 0.234 e. The van der Waals surface area contributed by atoms with Gasteiger partial charge in [-0.25, -0.2) is 9.79 Å². The molecule has 3 nitrogen and oxygen atoms in total. The van der Waals surface area contributed by atoms with Crippen molar-refractivity contribution in [1.82, 2.24) is 4.90 Å². The van der Waals surface area contributed by atoms with Crippen LogP contribution in [-0.4, -0.2) is 37.7 Å². The van der Waals surface area contributed by atoms with Crippen molar-refractivity contribution >= 4 is 6.08 Å². The van der Waals surface area contributed by atoms with Crippen LogP contribution in [-0.2, 0) is 4.79 Å². The standard InChI is InChI=1S/C9H16N2O/c1-9(7-10-8-12)3-5-11(2)6-4-9/h3-7H2,1-2H3. The first-order chi connectivity index (χ1) is 5.66. The molecule has 0 unspecified atom stereocenters. The third kappa shape index (κ3) is 2.43. The Morgan fingerprint density at radius 2 is 2.08 bits per heavy atom. The molecular weight excluding hydrogens is 152 g/mol. The van der Waals surface area contributed by atoms with E-state index in [1.54, 1.807) is 6.08 Å². The summed E-state index contributed by atoms with van der Waals surface area (Å²) in [7, 11) is 2.13. The molecule has 0 bridgehead atoms. The molecule has 0 radical (unpaired) electrons. The van der Waals surface area contributed by atoms with Crippen LogP contribution < -0.4 is 0 Å². The van der Waals surface area contributed by atoms with Gasteiger partial charge in [0.1, 0.15) is 0 Å². The average molecular weight is 168 g/mol. The molecule has 0 N–H and O–H groups in total. The fourth-order valence-electron chi connectivity index (χ4n) is 1.54. The molecule has 3 heteroatoms. The van der Waals surface area contributed by atoms with E-state index in [2.05, 4.69) is 23.9 Å². The van der Waals surface area contributed by atoms with Crippen LogP contribution in [0.5, 0.6) is 0 Å². The molecule has 0 saturated carbocycles. The Hall–Kier alpha value is -0.660. The van der Waals surface area contributed by atoms with Crippen molar-refractivity contribution in [1.29, 1.82) is 0 Å². The first-order valence-corrected chi connectivity index (χ1v) is 4.38. The Morgan fingerprint density at radius 1 is 1.50 bits per heavy atom. The zero-order chi connectivity index (χ0) is 9.03. The van der Waals surface area contributed by atoms with Gasteiger partial charge in [0.05, 0.1) is 6.54 Å². The minimum Gasteiger partial charge on any atom is -0.306 e. The number of rotatable bonds is 2. The number of piperidine rings is 1. The summed E-state index contributed by atoms with van der Waals surface area (Å²) in [5.74, 6) is 0. The van der Waals surface area contributed by atoms with Crippen molar-refractivity contribution in [3.8, 4) is 0 Å². The molecule has 1 fully saturated rings. The second kappa shape index (κ2) is 3.83. The van der Waals surface area contributed by atoms with Crippen LogP contribution in [0, 0.1) is 5.41 Å². The first-order valence-electron chi connectivity index (χ1n) is 4.38. The summed E-state index contributed by atoms with van der Waals surface area (Å²) < 4.78 is 0. The van der Waals surface area contributed by atoms with Gasteiger partial charge in [-0.05, 0) is 38.4 Å². The fraction of sp³-hybridized carbons (Fsp3) is 0.889. The summed E-state index contributed by atoms with van der Waals surface area (Å²) in [4.78, 5) is 15.9. The molecule has 0 amide bonds. The fourth-order valence-corrected chi connectivity index (χ4v) is 1.54. The first kappa shape index (κ1) is 9.43. The van der Waals surface area contributed by atoms with E-state index in [1.165, 1.54) is 0 Å². The van der Waals surface area contributed by atoms with Crippen LogP contribution in [0.4, 0.5) is 0 Å². The SMILES string of the molecule is CN1CCC(C)(CN=C=O)CC1. The Balaban J connectivity index is 2.44. The van der Waals surface area contributed by atoms with Gasteiger partial charge in [0.25, 0.3) is 0 Å². The lowest BCUT2D eigenvalue weighted by Gasteiger charge is -2.36. The highest BCUT2D eigenvalue weighted by molar-refractivity contribution is 5.33. The van der Waals surface area contributed by atoms with Gasteiger partial charge in [-0.2, -0.15) is 0 Å². The number of nitrogens with zero attached hydrogens (tertiary/aromatic N) is 2. The molecule has 1 rings (SSSR count). The molecule has 12 heavy (non-hydrogen) atoms. The van der Waals surface area contributed by atoms with Crippen molar-refractivity contribution in [2.45, 2.75) is 19.8 Å². The van der Waals surface area contributed by atoms with Crippen LogP contribution in [0.1, 0.15) is 19.8 Å². The number of hydrogen-bond donors (Lipinski definition) is 0. The summed E-state index contributed by atoms with van der Waals surface area (Å²) in [6.07, 6.45) is 3.88. The van der Waals surface area contributed by atoms with E-state index < -0.39 is 0 Å². The quantitative estimate of drug-likeness (QED) is 0.456. The molecule has 1 aliphatic heterocycles. The minimum atomic E-state index is 0.240. The molecule has 0 spiro atoms. The maximum Gasteiger partial charge on any atom is 0.234 e. The second-order valence-corrected chi connectivity index (χ2v) is 4.02. The highest BCUT2D eigenvalue weighted by Gasteiger charge is 2.28. The van der Waals surface area contributed by atoms with Crippen molar-refractivity contribution < 1.29 is 4.79 Å². The Morgan fingerprint density at radius 3 is 2.58 bits per heavy atom. The zero-order valence-electron chi connectivity index (χ0n) is 7.84. The molecule has 1 heterocycles. The molecule has 0 aromatic rings. The lowest BCUT2D eigenvalue weighted by molar-refractivity contribution is 0.147. The second-order valence-electron chi connectivity index (χ2n) is 4.02. The zero-order valence-corrected chi connectivity index (χ0v) is 7.84. The molecule has 1 saturated heterocycles. The summed E-state index contributed by atoms with van der Waals surface area (Å²) in [6, 6.07) is 0. The summed E-state index contributed by atoms with van der Waals surface area (Å²) >= 11 is 0. The van der Waals surface area contributed by atoms with Crippen LogP contribution in [0.3, 0.4) is 0 Å². The van der Waals surface area contributed by atoms with E-state index in [9.17, 15) is 4.79 Å². The number of likely N-dealkylation sites (tertiary alicyclic amines) is 1. The van der Waals surface area contributed by atoms with Crippen LogP contribution in [0.2, 0.25) is 0 Å². The number of carbonyl (C=O) groups excluding carboxylic acids is 1. The van der Waals surface area contributed by atoms with Gasteiger partial charge in [-0.3, -0.25) is 0 Å². The predicted molar refractivity (Wildman–Crippen MR) is 47.8 cm³/mol. The van der Waals surface area contributed by atoms with Gasteiger partial charge in [0.15, 0.2) is 0 Å². The van der Waals surface area contributed by atoms with Gasteiger partial charge in [0.2, 0.25) is 6.08 Å².